The van der Waals surface area contributed by atoms with E-state index in [-0.39, 0.29) is 5.92 Å². The third kappa shape index (κ3) is 3.97. The van der Waals surface area contributed by atoms with E-state index in [2.05, 4.69) is 6.92 Å². The van der Waals surface area contributed by atoms with E-state index in [9.17, 15) is 4.79 Å². The molecule has 0 saturated heterocycles. The molecule has 0 N–H and O–H groups in total. The van der Waals surface area contributed by atoms with E-state index >= 15 is 0 Å². The average molecular weight is 299 g/mol. The second kappa shape index (κ2) is 6.76. The zero-order chi connectivity index (χ0) is 13.8. The monoisotopic (exact) mass is 298 g/mol. The van der Waals surface area contributed by atoms with Crippen LogP contribution in [0.25, 0.3) is 0 Å². The number of hydrogen-bond acceptors (Lipinski definition) is 1. The van der Waals surface area contributed by atoms with E-state index < -0.39 is 0 Å². The third-order valence-corrected chi connectivity index (χ3v) is 4.92. The first-order valence-electron chi connectivity index (χ1n) is 7.06. The van der Waals surface area contributed by atoms with E-state index in [1.165, 1.54) is 19.3 Å². The molecule has 1 fully saturated rings. The molecular weight excluding hydrogens is 279 g/mol. The molecule has 1 nitrogen and oxygen atoms in total. The highest BCUT2D eigenvalue weighted by Crippen LogP contribution is 2.32. The van der Waals surface area contributed by atoms with Crippen LogP contribution in [0.15, 0.2) is 18.2 Å². The average Bonchev–Trinajstić information content (AvgIpc) is 2.43. The maximum Gasteiger partial charge on any atom is 0.140 e. The summed E-state index contributed by atoms with van der Waals surface area (Å²) in [6.07, 6.45) is 6.27. The van der Waals surface area contributed by atoms with Crippen molar-refractivity contribution < 1.29 is 4.79 Å². The van der Waals surface area contributed by atoms with Crippen molar-refractivity contribution in [3.8, 4) is 0 Å². The molecule has 2 atom stereocenters. The highest BCUT2D eigenvalue weighted by molar-refractivity contribution is 6.42. The summed E-state index contributed by atoms with van der Waals surface area (Å²) in [6, 6.07) is 5.47. The Balaban J connectivity index is 1.98. The summed E-state index contributed by atoms with van der Waals surface area (Å²) in [7, 11) is 0. The van der Waals surface area contributed by atoms with Gasteiger partial charge < -0.3 is 0 Å². The minimum absolute atomic E-state index is 0.244. The molecule has 1 aliphatic carbocycles. The van der Waals surface area contributed by atoms with Crippen molar-refractivity contribution in [2.24, 2.45) is 11.8 Å². The van der Waals surface area contributed by atoms with Gasteiger partial charge in [-0.3, -0.25) is 4.79 Å². The molecule has 0 heterocycles. The molecule has 1 aromatic carbocycles. The second-order valence-corrected chi connectivity index (χ2v) is 6.34. The lowest BCUT2D eigenvalue weighted by atomic mass is 9.77. The highest BCUT2D eigenvalue weighted by atomic mass is 35.5. The van der Waals surface area contributed by atoms with Crippen molar-refractivity contribution in [2.45, 2.75) is 45.4 Å². The molecule has 104 valence electrons. The van der Waals surface area contributed by atoms with Gasteiger partial charge in [0.25, 0.3) is 0 Å². The summed E-state index contributed by atoms with van der Waals surface area (Å²) in [5.74, 6) is 1.33. The molecule has 3 heteroatoms. The molecule has 19 heavy (non-hydrogen) atoms. The van der Waals surface area contributed by atoms with Crippen LogP contribution in [-0.4, -0.2) is 5.78 Å². The Bertz CT molecular complexity index is 456. The molecule has 2 rings (SSSR count). The van der Waals surface area contributed by atoms with Crippen molar-refractivity contribution in [2.75, 3.05) is 0 Å². The number of ketones is 1. The Morgan fingerprint density at radius 1 is 1.26 bits per heavy atom. The van der Waals surface area contributed by atoms with Gasteiger partial charge in [-0.05, 0) is 36.5 Å². The van der Waals surface area contributed by atoms with Gasteiger partial charge in [0.05, 0.1) is 10.0 Å². The van der Waals surface area contributed by atoms with Gasteiger partial charge in [-0.15, -0.1) is 0 Å². The number of Topliss-reactive ketones (excluding diaryl/α,β-unsaturated/α-hetero) is 1. The van der Waals surface area contributed by atoms with Crippen LogP contribution in [0, 0.1) is 11.8 Å². The first-order valence-corrected chi connectivity index (χ1v) is 7.82. The van der Waals surface area contributed by atoms with Gasteiger partial charge in [-0.1, -0.05) is 55.5 Å². The van der Waals surface area contributed by atoms with Crippen LogP contribution in [-0.2, 0) is 11.2 Å². The normalized spacial score (nSPS) is 23.3. The summed E-state index contributed by atoms with van der Waals surface area (Å²) in [6.45, 7) is 2.22. The Morgan fingerprint density at radius 3 is 2.74 bits per heavy atom. The van der Waals surface area contributed by atoms with Crippen molar-refractivity contribution >= 4 is 29.0 Å². The van der Waals surface area contributed by atoms with Crippen LogP contribution in [0.2, 0.25) is 10.0 Å². The molecule has 1 aliphatic rings. The van der Waals surface area contributed by atoms with Gasteiger partial charge in [0.15, 0.2) is 0 Å². The number of rotatable bonds is 4. The van der Waals surface area contributed by atoms with E-state index in [4.69, 9.17) is 23.2 Å². The summed E-state index contributed by atoms with van der Waals surface area (Å²) in [5.41, 5.74) is 0.970. The SMILES string of the molecule is CCC1CCCC(C(=O)Cc2ccc(Cl)c(Cl)c2)C1. The maximum atomic E-state index is 12.3. The van der Waals surface area contributed by atoms with Crippen LogP contribution in [0.4, 0.5) is 0 Å². The molecule has 2 unspecified atom stereocenters. The molecule has 0 aromatic heterocycles. The Hall–Kier alpha value is -0.530. The quantitative estimate of drug-likeness (QED) is 0.735. The van der Waals surface area contributed by atoms with Crippen molar-refractivity contribution in [3.63, 3.8) is 0 Å². The van der Waals surface area contributed by atoms with Gasteiger partial charge in [0.1, 0.15) is 5.78 Å². The van der Waals surface area contributed by atoms with Crippen LogP contribution in [0.5, 0.6) is 0 Å². The highest BCUT2D eigenvalue weighted by Gasteiger charge is 2.26. The minimum Gasteiger partial charge on any atom is -0.299 e. The third-order valence-electron chi connectivity index (χ3n) is 4.18. The van der Waals surface area contributed by atoms with Gasteiger partial charge in [-0.25, -0.2) is 0 Å². The smallest absolute Gasteiger partial charge is 0.140 e. The fraction of sp³-hybridized carbons (Fsp3) is 0.562. The fourth-order valence-electron chi connectivity index (χ4n) is 2.95. The molecule has 0 radical (unpaired) electrons. The zero-order valence-corrected chi connectivity index (χ0v) is 12.8. The standard InChI is InChI=1S/C16H20Cl2O/c1-2-11-4-3-5-13(8-11)16(19)10-12-6-7-14(17)15(18)9-12/h6-7,9,11,13H,2-5,8,10H2,1H3. The first-order chi connectivity index (χ1) is 9.10. The molecule has 1 aromatic rings. The van der Waals surface area contributed by atoms with Gasteiger partial charge in [0, 0.05) is 12.3 Å². The lowest BCUT2D eigenvalue weighted by Gasteiger charge is -2.27. The molecule has 0 bridgehead atoms. The van der Waals surface area contributed by atoms with E-state index in [0.717, 1.165) is 24.3 Å². The largest absolute Gasteiger partial charge is 0.299 e. The van der Waals surface area contributed by atoms with Crippen molar-refractivity contribution in [3.05, 3.63) is 33.8 Å². The van der Waals surface area contributed by atoms with Crippen molar-refractivity contribution in [1.82, 2.24) is 0 Å². The number of benzene rings is 1. The van der Waals surface area contributed by atoms with Gasteiger partial charge >= 0.3 is 0 Å². The van der Waals surface area contributed by atoms with Gasteiger partial charge in [0.2, 0.25) is 0 Å². The Morgan fingerprint density at radius 2 is 2.05 bits per heavy atom. The molecule has 0 aliphatic heterocycles. The number of halogens is 2. The number of hydrogen-bond donors (Lipinski definition) is 0. The van der Waals surface area contributed by atoms with Crippen LogP contribution in [0.1, 0.15) is 44.6 Å². The fourth-order valence-corrected chi connectivity index (χ4v) is 3.27. The van der Waals surface area contributed by atoms with E-state index in [0.29, 0.717) is 22.2 Å². The lowest BCUT2D eigenvalue weighted by molar-refractivity contribution is -0.123. The maximum absolute atomic E-state index is 12.3. The molecule has 0 spiro atoms. The zero-order valence-electron chi connectivity index (χ0n) is 11.3. The number of carbonyl (C=O) groups excluding carboxylic acids is 1. The summed E-state index contributed by atoms with van der Waals surface area (Å²) < 4.78 is 0. The van der Waals surface area contributed by atoms with Crippen LogP contribution < -0.4 is 0 Å². The Labute approximate surface area is 125 Å². The Kier molecular flexibility index (Phi) is 5.29. The topological polar surface area (TPSA) is 17.1 Å². The van der Waals surface area contributed by atoms with E-state index in [1.54, 1.807) is 6.07 Å². The van der Waals surface area contributed by atoms with Gasteiger partial charge in [-0.2, -0.15) is 0 Å². The summed E-state index contributed by atoms with van der Waals surface area (Å²) >= 11 is 11.9. The second-order valence-electron chi connectivity index (χ2n) is 5.53. The summed E-state index contributed by atoms with van der Waals surface area (Å²) in [5, 5.41) is 1.07. The molecule has 0 amide bonds. The van der Waals surface area contributed by atoms with Crippen molar-refractivity contribution in [1.29, 1.82) is 0 Å². The lowest BCUT2D eigenvalue weighted by Crippen LogP contribution is -2.24. The first kappa shape index (κ1) is 14.9. The van der Waals surface area contributed by atoms with Crippen LogP contribution >= 0.6 is 23.2 Å². The minimum atomic E-state index is 0.244. The van der Waals surface area contributed by atoms with E-state index in [1.807, 2.05) is 12.1 Å². The number of carbonyl (C=O) groups is 1. The predicted molar refractivity (Wildman–Crippen MR) is 80.9 cm³/mol. The summed E-state index contributed by atoms with van der Waals surface area (Å²) in [4.78, 5) is 12.3. The van der Waals surface area contributed by atoms with Crippen LogP contribution in [0.3, 0.4) is 0 Å². The predicted octanol–water partition coefficient (Wildman–Crippen LogP) is 5.32. The molecule has 1 saturated carbocycles. The molecular formula is C16H20Cl2O.